The Hall–Kier alpha value is -2.28. The second-order valence-corrected chi connectivity index (χ2v) is 5.86. The number of hydrogen-bond donors (Lipinski definition) is 2. The first-order valence-corrected chi connectivity index (χ1v) is 8.04. The van der Waals surface area contributed by atoms with Crippen molar-refractivity contribution in [3.8, 4) is 0 Å². The van der Waals surface area contributed by atoms with Gasteiger partial charge in [-0.2, -0.15) is 0 Å². The number of nitrogens with zero attached hydrogens (tertiary/aromatic N) is 4. The Labute approximate surface area is 135 Å². The molecule has 23 heavy (non-hydrogen) atoms. The summed E-state index contributed by atoms with van der Waals surface area (Å²) in [6.45, 7) is 4.43. The number of hydrogen-bond acceptors (Lipinski definition) is 5. The number of carbonyl (C=O) groups is 1. The molecular weight excluding hydrogens is 292 g/mol. The van der Waals surface area contributed by atoms with Crippen LogP contribution in [0.1, 0.15) is 40.8 Å². The van der Waals surface area contributed by atoms with Gasteiger partial charge < -0.3 is 10.6 Å². The smallest absolute Gasteiger partial charge is 0.290 e. The minimum atomic E-state index is -0.229. The molecule has 0 spiro atoms. The summed E-state index contributed by atoms with van der Waals surface area (Å²) in [7, 11) is 0. The fraction of sp³-hybridized carbons (Fsp3) is 0.500. The maximum Gasteiger partial charge on any atom is 0.290 e. The van der Waals surface area contributed by atoms with E-state index in [2.05, 4.69) is 25.7 Å². The van der Waals surface area contributed by atoms with Crippen molar-refractivity contribution in [3.63, 3.8) is 0 Å². The maximum absolute atomic E-state index is 12.1. The number of aromatic nitrogens is 4. The molecule has 1 fully saturated rings. The van der Waals surface area contributed by atoms with Gasteiger partial charge in [0.05, 0.1) is 6.04 Å². The molecule has 2 aromatic heterocycles. The Kier molecular flexibility index (Phi) is 4.97. The van der Waals surface area contributed by atoms with E-state index in [4.69, 9.17) is 0 Å². The summed E-state index contributed by atoms with van der Waals surface area (Å²) in [5.74, 6) is 0.00481. The van der Waals surface area contributed by atoms with Gasteiger partial charge >= 0.3 is 0 Å². The van der Waals surface area contributed by atoms with Crippen LogP contribution in [-0.2, 0) is 6.42 Å². The molecule has 0 aromatic carbocycles. The normalized spacial score (nSPS) is 17.9. The van der Waals surface area contributed by atoms with Crippen molar-refractivity contribution in [2.45, 2.75) is 32.2 Å². The molecule has 1 atom stereocenters. The Morgan fingerprint density at radius 1 is 1.43 bits per heavy atom. The van der Waals surface area contributed by atoms with Gasteiger partial charge in [0, 0.05) is 25.0 Å². The van der Waals surface area contributed by atoms with Crippen LogP contribution in [-0.4, -0.2) is 45.3 Å². The number of carbonyl (C=O) groups excluding carboxylic acids is 1. The number of aryl methyl sites for hydroxylation is 1. The first-order valence-electron chi connectivity index (χ1n) is 8.04. The summed E-state index contributed by atoms with van der Waals surface area (Å²) in [5, 5.41) is 10.5. The Balaban J connectivity index is 1.50. The molecule has 0 aliphatic carbocycles. The first-order chi connectivity index (χ1) is 11.2. The summed E-state index contributed by atoms with van der Waals surface area (Å²) < 4.78 is 1.80. The zero-order valence-electron chi connectivity index (χ0n) is 13.3. The molecule has 7 heteroatoms. The summed E-state index contributed by atoms with van der Waals surface area (Å²) in [6, 6.07) is 4.28. The number of nitrogens with one attached hydrogen (secondary N) is 2. The molecule has 1 amide bonds. The van der Waals surface area contributed by atoms with Gasteiger partial charge in [-0.05, 0) is 44.4 Å². The third-order valence-corrected chi connectivity index (χ3v) is 4.03. The molecule has 7 nitrogen and oxygen atoms in total. The van der Waals surface area contributed by atoms with Crippen LogP contribution >= 0.6 is 0 Å². The number of rotatable bonds is 5. The topological polar surface area (TPSA) is 84.7 Å². The third-order valence-electron chi connectivity index (χ3n) is 4.03. The Morgan fingerprint density at radius 2 is 2.35 bits per heavy atom. The summed E-state index contributed by atoms with van der Waals surface area (Å²) in [4.78, 5) is 20.5. The maximum atomic E-state index is 12.1. The van der Waals surface area contributed by atoms with E-state index in [0.717, 1.165) is 43.6 Å². The van der Waals surface area contributed by atoms with Crippen molar-refractivity contribution < 1.29 is 4.79 Å². The van der Waals surface area contributed by atoms with Gasteiger partial charge in [0.25, 0.3) is 5.91 Å². The average molecular weight is 314 g/mol. The molecule has 1 aliphatic rings. The van der Waals surface area contributed by atoms with Gasteiger partial charge in [0.1, 0.15) is 6.33 Å². The largest absolute Gasteiger partial charge is 0.349 e. The molecule has 122 valence electrons. The minimum absolute atomic E-state index is 0.229. The molecule has 0 bridgehead atoms. The van der Waals surface area contributed by atoms with Gasteiger partial charge in [-0.25, -0.2) is 9.67 Å². The highest BCUT2D eigenvalue weighted by Crippen LogP contribution is 2.14. The highest BCUT2D eigenvalue weighted by atomic mass is 16.2. The van der Waals surface area contributed by atoms with Crippen LogP contribution in [0.3, 0.4) is 0 Å². The molecule has 3 rings (SSSR count). The van der Waals surface area contributed by atoms with E-state index in [1.165, 1.54) is 0 Å². The molecule has 1 aliphatic heterocycles. The van der Waals surface area contributed by atoms with Crippen LogP contribution in [0.15, 0.2) is 24.7 Å². The zero-order valence-corrected chi connectivity index (χ0v) is 13.3. The third kappa shape index (κ3) is 4.13. The summed E-state index contributed by atoms with van der Waals surface area (Å²) in [6.07, 6.45) is 6.42. The van der Waals surface area contributed by atoms with Gasteiger partial charge in [0.2, 0.25) is 5.82 Å². The Bertz CT molecular complexity index is 645. The van der Waals surface area contributed by atoms with E-state index >= 15 is 0 Å². The van der Waals surface area contributed by atoms with Crippen LogP contribution in [0.2, 0.25) is 0 Å². The number of piperidine rings is 1. The highest BCUT2D eigenvalue weighted by molar-refractivity contribution is 5.90. The predicted octanol–water partition coefficient (Wildman–Crippen LogP) is 0.879. The average Bonchev–Trinajstić information content (AvgIpc) is 3.07. The molecule has 1 saturated heterocycles. The molecule has 2 N–H and O–H groups in total. The predicted molar refractivity (Wildman–Crippen MR) is 86.2 cm³/mol. The highest BCUT2D eigenvalue weighted by Gasteiger charge is 2.18. The molecule has 0 radical (unpaired) electrons. The first kappa shape index (κ1) is 15.6. The van der Waals surface area contributed by atoms with Crippen molar-refractivity contribution in [1.29, 1.82) is 0 Å². The van der Waals surface area contributed by atoms with E-state index in [9.17, 15) is 4.79 Å². The second-order valence-electron chi connectivity index (χ2n) is 5.86. The van der Waals surface area contributed by atoms with Gasteiger partial charge in [-0.3, -0.25) is 9.78 Å². The summed E-state index contributed by atoms with van der Waals surface area (Å²) in [5.41, 5.74) is 2.09. The van der Waals surface area contributed by atoms with E-state index in [-0.39, 0.29) is 17.8 Å². The van der Waals surface area contributed by atoms with E-state index in [1.54, 1.807) is 11.0 Å². The lowest BCUT2D eigenvalue weighted by Crippen LogP contribution is -2.32. The number of pyridine rings is 1. The Morgan fingerprint density at radius 3 is 3.09 bits per heavy atom. The van der Waals surface area contributed by atoms with Crippen molar-refractivity contribution >= 4 is 5.91 Å². The van der Waals surface area contributed by atoms with E-state index in [0.29, 0.717) is 6.54 Å². The second kappa shape index (κ2) is 7.32. The molecule has 2 aromatic rings. The molecule has 1 unspecified atom stereocenters. The fourth-order valence-corrected chi connectivity index (χ4v) is 2.66. The van der Waals surface area contributed by atoms with Crippen LogP contribution < -0.4 is 10.6 Å². The molecule has 0 saturated carbocycles. The van der Waals surface area contributed by atoms with Crippen LogP contribution in [0.5, 0.6) is 0 Å². The molecular formula is C16H22N6O. The van der Waals surface area contributed by atoms with Crippen molar-refractivity contribution in [3.05, 3.63) is 41.7 Å². The van der Waals surface area contributed by atoms with E-state index in [1.807, 2.05) is 25.3 Å². The monoisotopic (exact) mass is 314 g/mol. The van der Waals surface area contributed by atoms with Crippen LogP contribution in [0.4, 0.5) is 0 Å². The standard InChI is InChI=1S/C16H22N6O/c1-12-4-5-13(9-19-12)6-8-18-16(23)15-20-11-22(21-15)14-3-2-7-17-10-14/h4-5,9,11,14,17H,2-3,6-8,10H2,1H3,(H,18,23). The summed E-state index contributed by atoms with van der Waals surface area (Å²) >= 11 is 0. The van der Waals surface area contributed by atoms with E-state index < -0.39 is 0 Å². The van der Waals surface area contributed by atoms with Gasteiger partial charge in [0.15, 0.2) is 0 Å². The van der Waals surface area contributed by atoms with Crippen LogP contribution in [0.25, 0.3) is 0 Å². The van der Waals surface area contributed by atoms with Crippen molar-refractivity contribution in [1.82, 2.24) is 30.4 Å². The SMILES string of the molecule is Cc1ccc(CCNC(=O)c2ncn(C3CCCNC3)n2)cn1. The quantitative estimate of drug-likeness (QED) is 0.856. The van der Waals surface area contributed by atoms with Crippen molar-refractivity contribution in [2.24, 2.45) is 0 Å². The van der Waals surface area contributed by atoms with Crippen molar-refractivity contribution in [2.75, 3.05) is 19.6 Å². The van der Waals surface area contributed by atoms with Gasteiger partial charge in [-0.1, -0.05) is 6.07 Å². The lowest BCUT2D eigenvalue weighted by molar-refractivity contribution is 0.0943. The van der Waals surface area contributed by atoms with Gasteiger partial charge in [-0.15, -0.1) is 5.10 Å². The minimum Gasteiger partial charge on any atom is -0.349 e. The number of amides is 1. The van der Waals surface area contributed by atoms with Crippen LogP contribution in [0, 0.1) is 6.92 Å². The fourth-order valence-electron chi connectivity index (χ4n) is 2.66. The lowest BCUT2D eigenvalue weighted by atomic mass is 10.1. The lowest BCUT2D eigenvalue weighted by Gasteiger charge is -2.22. The zero-order chi connectivity index (χ0) is 16.1. The molecule has 3 heterocycles.